The van der Waals surface area contributed by atoms with E-state index in [2.05, 4.69) is 194 Å². The van der Waals surface area contributed by atoms with Crippen LogP contribution in [0.4, 0.5) is 0 Å². The molecule has 0 saturated carbocycles. The van der Waals surface area contributed by atoms with Crippen molar-refractivity contribution in [1.29, 1.82) is 0 Å². The van der Waals surface area contributed by atoms with E-state index in [-0.39, 0.29) is 0 Å². The summed E-state index contributed by atoms with van der Waals surface area (Å²) >= 11 is 0. The molecule has 7 aromatic rings. The quantitative estimate of drug-likeness (QED) is 0.185. The molecule has 10 rings (SSSR count). The molecule has 0 amide bonds. The van der Waals surface area contributed by atoms with E-state index in [1.54, 1.807) is 0 Å². The Kier molecular flexibility index (Phi) is 7.19. The summed E-state index contributed by atoms with van der Waals surface area (Å²) in [6.07, 6.45) is 12.7. The van der Waals surface area contributed by atoms with Gasteiger partial charge in [-0.15, -0.1) is 0 Å². The molecular formula is C50H39NO2. The molecule has 3 heteroatoms. The van der Waals surface area contributed by atoms with Gasteiger partial charge in [0, 0.05) is 33.0 Å². The first-order valence-corrected chi connectivity index (χ1v) is 18.5. The number of para-hydroxylation sites is 4. The fourth-order valence-electron chi connectivity index (χ4n) is 9.15. The Hall–Kier alpha value is -6.32. The maximum atomic E-state index is 7.32. The zero-order chi connectivity index (χ0) is 35.6. The maximum absolute atomic E-state index is 7.32. The van der Waals surface area contributed by atoms with Crippen molar-refractivity contribution in [3.8, 4) is 39.4 Å². The SMILES string of the molecule is CC12CC=CC=C1Oc1ccccc1-c1cc(-c3ccccc3)ccc1OC1=C2C(C)(c2cccc3c4ccccc4n(-c4ccccc4)c23)CC=C1. The van der Waals surface area contributed by atoms with Crippen molar-refractivity contribution in [2.45, 2.75) is 32.1 Å². The highest BCUT2D eigenvalue weighted by Crippen LogP contribution is 2.57. The van der Waals surface area contributed by atoms with E-state index < -0.39 is 10.8 Å². The Labute approximate surface area is 310 Å². The normalized spacial score (nSPS) is 20.5. The van der Waals surface area contributed by atoms with Gasteiger partial charge in [-0.3, -0.25) is 0 Å². The predicted octanol–water partition coefficient (Wildman–Crippen LogP) is 12.9. The number of benzene rings is 6. The van der Waals surface area contributed by atoms with E-state index in [0.717, 1.165) is 63.8 Å². The zero-order valence-electron chi connectivity index (χ0n) is 29.9. The number of hydrogen-bond acceptors (Lipinski definition) is 2. The van der Waals surface area contributed by atoms with Gasteiger partial charge in [0.25, 0.3) is 0 Å². The maximum Gasteiger partial charge on any atom is 0.135 e. The molecule has 2 aliphatic carbocycles. The molecule has 0 spiro atoms. The third-order valence-corrected chi connectivity index (χ3v) is 11.6. The lowest BCUT2D eigenvalue weighted by molar-refractivity contribution is 0.247. The Balaban J connectivity index is 1.26. The molecule has 2 heterocycles. The third-order valence-electron chi connectivity index (χ3n) is 11.6. The number of hydrogen-bond donors (Lipinski definition) is 0. The van der Waals surface area contributed by atoms with Crippen molar-refractivity contribution < 1.29 is 9.47 Å². The van der Waals surface area contributed by atoms with Gasteiger partial charge in [-0.2, -0.15) is 0 Å². The number of aromatic nitrogens is 1. The Morgan fingerprint density at radius 3 is 2.15 bits per heavy atom. The van der Waals surface area contributed by atoms with Gasteiger partial charge in [0.15, 0.2) is 0 Å². The number of rotatable bonds is 3. The van der Waals surface area contributed by atoms with Crippen molar-refractivity contribution >= 4 is 21.8 Å². The smallest absolute Gasteiger partial charge is 0.135 e. The fourth-order valence-corrected chi connectivity index (χ4v) is 9.15. The molecule has 0 bridgehead atoms. The van der Waals surface area contributed by atoms with Crippen LogP contribution in [0, 0.1) is 5.41 Å². The molecule has 6 aromatic carbocycles. The van der Waals surface area contributed by atoms with Crippen LogP contribution in [0.3, 0.4) is 0 Å². The zero-order valence-corrected chi connectivity index (χ0v) is 29.9. The molecule has 0 saturated heterocycles. The van der Waals surface area contributed by atoms with Gasteiger partial charge in [0.2, 0.25) is 0 Å². The lowest BCUT2D eigenvalue weighted by Gasteiger charge is -2.47. The second kappa shape index (κ2) is 12.1. The van der Waals surface area contributed by atoms with E-state index >= 15 is 0 Å². The van der Waals surface area contributed by atoms with Crippen molar-refractivity contribution in [2.24, 2.45) is 5.41 Å². The molecule has 2 unspecified atom stereocenters. The predicted molar refractivity (Wildman–Crippen MR) is 217 cm³/mol. The van der Waals surface area contributed by atoms with Crippen molar-refractivity contribution in [2.75, 3.05) is 0 Å². The van der Waals surface area contributed by atoms with E-state index in [1.165, 1.54) is 32.9 Å². The van der Waals surface area contributed by atoms with Crippen LogP contribution >= 0.6 is 0 Å². The Bertz CT molecular complexity index is 2690. The summed E-state index contributed by atoms with van der Waals surface area (Å²) in [5.74, 6) is 3.42. The van der Waals surface area contributed by atoms with Crippen LogP contribution in [0.25, 0.3) is 49.7 Å². The van der Waals surface area contributed by atoms with Gasteiger partial charge < -0.3 is 14.0 Å². The fraction of sp³-hybridized carbons (Fsp3) is 0.120. The number of ether oxygens (including phenoxy) is 2. The molecule has 0 N–H and O–H groups in total. The van der Waals surface area contributed by atoms with Gasteiger partial charge in [0.05, 0.1) is 16.4 Å². The lowest BCUT2D eigenvalue weighted by Crippen LogP contribution is -2.41. The second-order valence-corrected chi connectivity index (χ2v) is 14.8. The van der Waals surface area contributed by atoms with Crippen molar-refractivity contribution in [3.63, 3.8) is 0 Å². The number of fused-ring (bicyclic) bond motifs is 8. The largest absolute Gasteiger partial charge is 0.460 e. The molecule has 53 heavy (non-hydrogen) atoms. The summed E-state index contributed by atoms with van der Waals surface area (Å²) in [6.45, 7) is 4.76. The van der Waals surface area contributed by atoms with Crippen LogP contribution in [0.5, 0.6) is 11.5 Å². The monoisotopic (exact) mass is 685 g/mol. The molecule has 3 aliphatic rings. The third kappa shape index (κ3) is 4.88. The van der Waals surface area contributed by atoms with Crippen molar-refractivity contribution in [1.82, 2.24) is 4.57 Å². The van der Waals surface area contributed by atoms with Gasteiger partial charge in [-0.25, -0.2) is 0 Å². The first kappa shape index (κ1) is 31.4. The van der Waals surface area contributed by atoms with Crippen molar-refractivity contribution in [3.05, 3.63) is 199 Å². The summed E-state index contributed by atoms with van der Waals surface area (Å²) in [6, 6.07) is 51.8. The van der Waals surface area contributed by atoms with E-state index in [1.807, 2.05) is 0 Å². The van der Waals surface area contributed by atoms with E-state index in [0.29, 0.717) is 0 Å². The number of allylic oxidation sites excluding steroid dienone is 6. The van der Waals surface area contributed by atoms with Gasteiger partial charge >= 0.3 is 0 Å². The minimum Gasteiger partial charge on any atom is -0.460 e. The van der Waals surface area contributed by atoms with Gasteiger partial charge in [0.1, 0.15) is 23.0 Å². The minimum atomic E-state index is -0.510. The summed E-state index contributed by atoms with van der Waals surface area (Å²) in [5.41, 5.74) is 9.37. The molecule has 2 atom stereocenters. The lowest BCUT2D eigenvalue weighted by atomic mass is 9.59. The highest BCUT2D eigenvalue weighted by molar-refractivity contribution is 6.10. The highest BCUT2D eigenvalue weighted by atomic mass is 16.5. The topological polar surface area (TPSA) is 23.4 Å². The van der Waals surface area contributed by atoms with Crippen LogP contribution in [-0.2, 0) is 5.41 Å². The molecule has 3 nitrogen and oxygen atoms in total. The summed E-state index contributed by atoms with van der Waals surface area (Å²) in [7, 11) is 0. The van der Waals surface area contributed by atoms with Gasteiger partial charge in [-0.05, 0) is 90.6 Å². The highest BCUT2D eigenvalue weighted by Gasteiger charge is 2.49. The molecule has 1 aromatic heterocycles. The van der Waals surface area contributed by atoms with Crippen LogP contribution in [-0.4, -0.2) is 4.57 Å². The molecule has 1 aliphatic heterocycles. The molecule has 0 fully saturated rings. The van der Waals surface area contributed by atoms with Crippen LogP contribution in [0.15, 0.2) is 193 Å². The summed E-state index contributed by atoms with van der Waals surface area (Å²) in [5, 5.41) is 2.49. The van der Waals surface area contributed by atoms with Crippen LogP contribution in [0.2, 0.25) is 0 Å². The second-order valence-electron chi connectivity index (χ2n) is 14.8. The Morgan fingerprint density at radius 1 is 0.566 bits per heavy atom. The standard InChI is InChI=1S/C50H39NO2/c1-49(41-24-15-23-39-37-21-9-11-25-42(37)51(47(39)41)36-19-7-4-8-20-36)32-16-27-45-48(49)50(2)31-14-13-28-46(50)53-43-26-12-10-22-38(43)40-33-35(29-30-44(40)52-45)34-17-5-3-6-18-34/h3-30,33H,31-32H2,1-2H3. The molecular weight excluding hydrogens is 647 g/mol. The molecule has 0 radical (unpaired) electrons. The van der Waals surface area contributed by atoms with E-state index in [9.17, 15) is 0 Å². The van der Waals surface area contributed by atoms with Gasteiger partial charge in [-0.1, -0.05) is 134 Å². The first-order chi connectivity index (χ1) is 26.0. The van der Waals surface area contributed by atoms with E-state index in [4.69, 9.17) is 9.47 Å². The first-order valence-electron chi connectivity index (χ1n) is 18.5. The summed E-state index contributed by atoms with van der Waals surface area (Å²) in [4.78, 5) is 0. The molecule has 256 valence electrons. The van der Waals surface area contributed by atoms with Crippen LogP contribution < -0.4 is 9.47 Å². The summed E-state index contributed by atoms with van der Waals surface area (Å²) < 4.78 is 17.0. The van der Waals surface area contributed by atoms with Crippen LogP contribution in [0.1, 0.15) is 32.3 Å². The average molecular weight is 686 g/mol. The Morgan fingerprint density at radius 2 is 1.28 bits per heavy atom. The average Bonchev–Trinajstić information content (AvgIpc) is 3.54. The number of nitrogens with zero attached hydrogens (tertiary/aromatic N) is 1. The minimum absolute atomic E-state index is 0.463.